The van der Waals surface area contributed by atoms with Crippen molar-refractivity contribution in [1.82, 2.24) is 15.5 Å². The molecule has 0 spiro atoms. The maximum atomic E-state index is 11.8. The molecular weight excluding hydrogens is 316 g/mol. The molecule has 0 aliphatic heterocycles. The standard InChI is InChI=1S/C19H38N4O2/c1-16(2)15-25-12-8-11-20-19(22-14-18(24)23(3)4)21-13-17-9-6-5-7-10-17/h16-17H,5-15H2,1-4H3,(H2,20,21,22). The van der Waals surface area contributed by atoms with E-state index in [1.165, 1.54) is 32.1 Å². The second-order valence-electron chi connectivity index (χ2n) is 7.59. The highest BCUT2D eigenvalue weighted by Gasteiger charge is 2.14. The van der Waals surface area contributed by atoms with Gasteiger partial charge in [-0.2, -0.15) is 0 Å². The zero-order chi connectivity index (χ0) is 18.5. The van der Waals surface area contributed by atoms with Crippen molar-refractivity contribution < 1.29 is 9.53 Å². The van der Waals surface area contributed by atoms with Crippen LogP contribution in [-0.2, 0) is 9.53 Å². The molecule has 146 valence electrons. The summed E-state index contributed by atoms with van der Waals surface area (Å²) in [6.45, 7) is 7.77. The van der Waals surface area contributed by atoms with Crippen LogP contribution in [0.2, 0.25) is 0 Å². The van der Waals surface area contributed by atoms with Gasteiger partial charge in [0.1, 0.15) is 6.54 Å². The van der Waals surface area contributed by atoms with Gasteiger partial charge in [0.15, 0.2) is 5.96 Å². The van der Waals surface area contributed by atoms with E-state index in [0.717, 1.165) is 44.6 Å². The number of rotatable bonds is 10. The lowest BCUT2D eigenvalue weighted by atomic mass is 9.89. The van der Waals surface area contributed by atoms with Crippen molar-refractivity contribution in [2.45, 2.75) is 52.4 Å². The van der Waals surface area contributed by atoms with E-state index in [2.05, 4.69) is 29.5 Å². The molecule has 0 unspecified atom stereocenters. The highest BCUT2D eigenvalue weighted by atomic mass is 16.5. The Labute approximate surface area is 153 Å². The van der Waals surface area contributed by atoms with E-state index in [9.17, 15) is 4.79 Å². The molecule has 0 aromatic heterocycles. The molecule has 2 N–H and O–H groups in total. The van der Waals surface area contributed by atoms with Crippen molar-refractivity contribution >= 4 is 11.9 Å². The number of amides is 1. The number of likely N-dealkylation sites (N-methyl/N-ethyl adjacent to an activating group) is 1. The van der Waals surface area contributed by atoms with Gasteiger partial charge >= 0.3 is 0 Å². The molecule has 0 atom stereocenters. The van der Waals surface area contributed by atoms with E-state index < -0.39 is 0 Å². The lowest BCUT2D eigenvalue weighted by Crippen LogP contribution is -2.41. The highest BCUT2D eigenvalue weighted by Crippen LogP contribution is 2.22. The van der Waals surface area contributed by atoms with Gasteiger partial charge in [-0.05, 0) is 31.1 Å². The van der Waals surface area contributed by atoms with Crippen molar-refractivity contribution in [3.63, 3.8) is 0 Å². The fraction of sp³-hybridized carbons (Fsp3) is 0.895. The van der Waals surface area contributed by atoms with Crippen molar-refractivity contribution in [2.75, 3.05) is 46.9 Å². The maximum Gasteiger partial charge on any atom is 0.243 e. The van der Waals surface area contributed by atoms with Crippen molar-refractivity contribution in [1.29, 1.82) is 0 Å². The van der Waals surface area contributed by atoms with Crippen molar-refractivity contribution in [2.24, 2.45) is 16.8 Å². The Morgan fingerprint density at radius 3 is 2.56 bits per heavy atom. The van der Waals surface area contributed by atoms with E-state index in [1.54, 1.807) is 19.0 Å². The van der Waals surface area contributed by atoms with Gasteiger partial charge < -0.3 is 20.3 Å². The van der Waals surface area contributed by atoms with E-state index in [0.29, 0.717) is 5.92 Å². The molecule has 1 aliphatic rings. The van der Waals surface area contributed by atoms with Gasteiger partial charge in [-0.25, -0.2) is 4.99 Å². The van der Waals surface area contributed by atoms with Crippen LogP contribution < -0.4 is 10.6 Å². The molecule has 0 bridgehead atoms. The zero-order valence-corrected chi connectivity index (χ0v) is 16.6. The Hall–Kier alpha value is -1.30. The molecule has 1 rings (SSSR count). The van der Waals surface area contributed by atoms with Gasteiger partial charge in [0.25, 0.3) is 0 Å². The monoisotopic (exact) mass is 354 g/mol. The smallest absolute Gasteiger partial charge is 0.243 e. The Bertz CT molecular complexity index is 391. The molecule has 1 fully saturated rings. The number of guanidine groups is 1. The van der Waals surface area contributed by atoms with Gasteiger partial charge in [0, 0.05) is 40.4 Å². The fourth-order valence-electron chi connectivity index (χ4n) is 2.79. The first-order valence-corrected chi connectivity index (χ1v) is 9.79. The van der Waals surface area contributed by atoms with Gasteiger partial charge in [-0.1, -0.05) is 33.1 Å². The molecule has 0 radical (unpaired) electrons. The topological polar surface area (TPSA) is 66.0 Å². The number of hydrogen-bond donors (Lipinski definition) is 2. The molecular formula is C19H38N4O2. The van der Waals surface area contributed by atoms with Gasteiger partial charge in [0.2, 0.25) is 5.91 Å². The largest absolute Gasteiger partial charge is 0.381 e. The summed E-state index contributed by atoms with van der Waals surface area (Å²) in [7, 11) is 3.51. The number of nitrogens with zero attached hydrogens (tertiary/aromatic N) is 2. The minimum atomic E-state index is 0.0130. The minimum absolute atomic E-state index is 0.0130. The van der Waals surface area contributed by atoms with Gasteiger partial charge in [0.05, 0.1) is 0 Å². The van der Waals surface area contributed by atoms with Crippen LogP contribution in [-0.4, -0.2) is 63.7 Å². The van der Waals surface area contributed by atoms with Crippen LogP contribution >= 0.6 is 0 Å². The molecule has 6 nitrogen and oxygen atoms in total. The molecule has 0 heterocycles. The summed E-state index contributed by atoms with van der Waals surface area (Å²) in [5.41, 5.74) is 0. The average Bonchev–Trinajstić information content (AvgIpc) is 2.59. The Morgan fingerprint density at radius 2 is 1.92 bits per heavy atom. The first-order valence-electron chi connectivity index (χ1n) is 9.79. The van der Waals surface area contributed by atoms with Crippen LogP contribution in [0.25, 0.3) is 0 Å². The summed E-state index contributed by atoms with van der Waals surface area (Å²) < 4.78 is 5.60. The Kier molecular flexibility index (Phi) is 11.3. The van der Waals surface area contributed by atoms with Crippen LogP contribution in [0, 0.1) is 11.8 Å². The maximum absolute atomic E-state index is 11.8. The number of hydrogen-bond acceptors (Lipinski definition) is 3. The number of carbonyl (C=O) groups is 1. The molecule has 1 aliphatic carbocycles. The third-order valence-corrected chi connectivity index (χ3v) is 4.36. The lowest BCUT2D eigenvalue weighted by Gasteiger charge is -2.23. The van der Waals surface area contributed by atoms with Crippen LogP contribution in [0.4, 0.5) is 0 Å². The molecule has 1 saturated carbocycles. The van der Waals surface area contributed by atoms with E-state index in [-0.39, 0.29) is 12.5 Å². The van der Waals surface area contributed by atoms with E-state index in [4.69, 9.17) is 4.74 Å². The van der Waals surface area contributed by atoms with Crippen molar-refractivity contribution in [3.05, 3.63) is 0 Å². The third-order valence-electron chi connectivity index (χ3n) is 4.36. The van der Waals surface area contributed by atoms with Gasteiger partial charge in [-0.3, -0.25) is 4.79 Å². The lowest BCUT2D eigenvalue weighted by molar-refractivity contribution is -0.127. The van der Waals surface area contributed by atoms with Crippen molar-refractivity contribution in [3.8, 4) is 0 Å². The normalized spacial score (nSPS) is 16.1. The minimum Gasteiger partial charge on any atom is -0.381 e. The first kappa shape index (κ1) is 21.7. The van der Waals surface area contributed by atoms with Gasteiger partial charge in [-0.15, -0.1) is 0 Å². The molecule has 6 heteroatoms. The second kappa shape index (κ2) is 13.0. The summed E-state index contributed by atoms with van der Waals surface area (Å²) in [6.07, 6.45) is 7.54. The number of aliphatic imine (C=N–C) groups is 1. The van der Waals surface area contributed by atoms with Crippen LogP contribution in [0.15, 0.2) is 4.99 Å². The summed E-state index contributed by atoms with van der Waals surface area (Å²) in [6, 6.07) is 0. The summed E-state index contributed by atoms with van der Waals surface area (Å²) in [4.78, 5) is 17.8. The molecule has 1 amide bonds. The van der Waals surface area contributed by atoms with Crippen LogP contribution in [0.1, 0.15) is 52.4 Å². The molecule has 0 aromatic rings. The summed E-state index contributed by atoms with van der Waals surface area (Å²) in [5, 5.41) is 6.75. The predicted octanol–water partition coefficient (Wildman–Crippen LogP) is 2.25. The zero-order valence-electron chi connectivity index (χ0n) is 16.6. The first-order chi connectivity index (χ1) is 12.0. The molecule has 25 heavy (non-hydrogen) atoms. The number of nitrogens with one attached hydrogen (secondary N) is 2. The third kappa shape index (κ3) is 11.0. The summed E-state index contributed by atoms with van der Waals surface area (Å²) in [5.74, 6) is 2.04. The van der Waals surface area contributed by atoms with Crippen LogP contribution in [0.3, 0.4) is 0 Å². The average molecular weight is 355 g/mol. The van der Waals surface area contributed by atoms with E-state index in [1.807, 2.05) is 0 Å². The Morgan fingerprint density at radius 1 is 1.20 bits per heavy atom. The highest BCUT2D eigenvalue weighted by molar-refractivity contribution is 5.84. The number of carbonyl (C=O) groups excluding carboxylic acids is 1. The quantitative estimate of drug-likeness (QED) is 0.359. The molecule has 0 aromatic carbocycles. The SMILES string of the molecule is CC(C)COCCCNC(=NCC(=O)N(C)C)NCC1CCCCC1. The fourth-order valence-corrected chi connectivity index (χ4v) is 2.79. The Balaban J connectivity index is 2.35. The summed E-state index contributed by atoms with van der Waals surface area (Å²) >= 11 is 0. The predicted molar refractivity (Wildman–Crippen MR) is 104 cm³/mol. The number of ether oxygens (including phenoxy) is 1. The second-order valence-corrected chi connectivity index (χ2v) is 7.59. The van der Waals surface area contributed by atoms with Crippen LogP contribution in [0.5, 0.6) is 0 Å². The molecule has 0 saturated heterocycles. The van der Waals surface area contributed by atoms with E-state index >= 15 is 0 Å².